The fraction of sp³-hybridized carbons (Fsp3) is 0.182. The van der Waals surface area contributed by atoms with Crippen molar-refractivity contribution in [1.82, 2.24) is 9.55 Å². The molecule has 1 aromatic carbocycles. The molecule has 2 rings (SSSR count). The van der Waals surface area contributed by atoms with E-state index in [-0.39, 0.29) is 6.61 Å². The Kier molecular flexibility index (Phi) is 3.96. The average Bonchev–Trinajstić information content (AvgIpc) is 2.72. The van der Waals surface area contributed by atoms with E-state index in [0.29, 0.717) is 17.8 Å². The van der Waals surface area contributed by atoms with Crippen LogP contribution in [0, 0.1) is 11.6 Å². The van der Waals surface area contributed by atoms with Crippen LogP contribution in [0.25, 0.3) is 0 Å². The molecule has 0 bridgehead atoms. The van der Waals surface area contributed by atoms with Crippen LogP contribution < -0.4 is 4.74 Å². The highest BCUT2D eigenvalue weighted by atomic mass is 35.7. The lowest BCUT2D eigenvalue weighted by Gasteiger charge is -2.09. The molecule has 0 spiro atoms. The van der Waals surface area contributed by atoms with Gasteiger partial charge in [0.15, 0.2) is 17.4 Å². The Morgan fingerprint density at radius 2 is 1.95 bits per heavy atom. The molecule has 1 aromatic heterocycles. The van der Waals surface area contributed by atoms with Crippen LogP contribution >= 0.6 is 10.7 Å². The van der Waals surface area contributed by atoms with Crippen molar-refractivity contribution in [3.8, 4) is 5.75 Å². The molecule has 20 heavy (non-hydrogen) atoms. The number of nitrogens with zero attached hydrogens (tertiary/aromatic N) is 2. The van der Waals surface area contributed by atoms with E-state index in [9.17, 15) is 17.2 Å². The van der Waals surface area contributed by atoms with Crippen LogP contribution in [0.1, 0.15) is 5.69 Å². The molecule has 0 radical (unpaired) electrons. The van der Waals surface area contributed by atoms with Gasteiger partial charge in [0.2, 0.25) is 0 Å². The molecule has 0 N–H and O–H groups in total. The molecule has 0 aliphatic rings. The number of halogens is 3. The van der Waals surface area contributed by atoms with Gasteiger partial charge in [0, 0.05) is 17.7 Å². The van der Waals surface area contributed by atoms with Crippen LogP contribution in [0.15, 0.2) is 29.6 Å². The summed E-state index contributed by atoms with van der Waals surface area (Å²) in [5, 5.41) is 0. The van der Waals surface area contributed by atoms with Gasteiger partial charge in [0.25, 0.3) is 9.05 Å². The smallest absolute Gasteiger partial charge is 0.261 e. The largest absolute Gasteiger partial charge is 0.481 e. The van der Waals surface area contributed by atoms with Crippen molar-refractivity contribution in [3.05, 3.63) is 42.0 Å². The standard InChI is InChI=1S/C11H9ClF2N2O3S/c1-16-6-15-4-7(16)5-19-11-9(13)2-8(3-10(11)14)20(12,17)18/h2-4,6H,5H2,1H3. The van der Waals surface area contributed by atoms with E-state index in [2.05, 4.69) is 4.98 Å². The Morgan fingerprint density at radius 1 is 1.35 bits per heavy atom. The van der Waals surface area contributed by atoms with E-state index < -0.39 is 31.3 Å². The zero-order chi connectivity index (χ0) is 14.9. The highest BCUT2D eigenvalue weighted by Gasteiger charge is 2.19. The number of benzene rings is 1. The Morgan fingerprint density at radius 3 is 2.40 bits per heavy atom. The Bertz CT molecular complexity index is 723. The molecular weight excluding hydrogens is 314 g/mol. The highest BCUT2D eigenvalue weighted by Crippen LogP contribution is 2.27. The number of rotatable bonds is 4. The number of aryl methyl sites for hydroxylation is 1. The number of aromatic nitrogens is 2. The lowest BCUT2D eigenvalue weighted by Crippen LogP contribution is -2.05. The minimum Gasteiger partial charge on any atom is -0.481 e. The van der Waals surface area contributed by atoms with Crippen LogP contribution in [0.2, 0.25) is 0 Å². The summed E-state index contributed by atoms with van der Waals surface area (Å²) in [6, 6.07) is 1.20. The maximum absolute atomic E-state index is 13.7. The molecule has 0 aliphatic heterocycles. The van der Waals surface area contributed by atoms with E-state index >= 15 is 0 Å². The fourth-order valence-electron chi connectivity index (χ4n) is 1.49. The minimum atomic E-state index is -4.21. The number of hydrogen-bond acceptors (Lipinski definition) is 4. The van der Waals surface area contributed by atoms with Gasteiger partial charge in [-0.1, -0.05) is 0 Å². The van der Waals surface area contributed by atoms with Gasteiger partial charge in [-0.05, 0) is 12.1 Å². The van der Waals surface area contributed by atoms with Crippen LogP contribution in [0.3, 0.4) is 0 Å². The molecular formula is C11H9ClF2N2O3S. The molecule has 0 fully saturated rings. The van der Waals surface area contributed by atoms with Crippen molar-refractivity contribution >= 4 is 19.7 Å². The van der Waals surface area contributed by atoms with Crippen molar-refractivity contribution in [3.63, 3.8) is 0 Å². The van der Waals surface area contributed by atoms with E-state index in [1.807, 2.05) is 0 Å². The third-order valence-electron chi connectivity index (χ3n) is 2.53. The third kappa shape index (κ3) is 3.07. The van der Waals surface area contributed by atoms with Gasteiger partial charge >= 0.3 is 0 Å². The van der Waals surface area contributed by atoms with Crippen LogP contribution in [-0.4, -0.2) is 18.0 Å². The van der Waals surface area contributed by atoms with Gasteiger partial charge in [-0.25, -0.2) is 22.2 Å². The second-order valence-electron chi connectivity index (χ2n) is 3.94. The maximum Gasteiger partial charge on any atom is 0.261 e. The van der Waals surface area contributed by atoms with Crippen molar-refractivity contribution in [2.75, 3.05) is 0 Å². The fourth-order valence-corrected chi connectivity index (χ4v) is 2.24. The first kappa shape index (κ1) is 14.7. The summed E-state index contributed by atoms with van der Waals surface area (Å²) in [5.74, 6) is -2.96. The molecule has 0 atom stereocenters. The summed E-state index contributed by atoms with van der Waals surface area (Å²) >= 11 is 0. The molecule has 0 amide bonds. The van der Waals surface area contributed by atoms with E-state index in [1.165, 1.54) is 12.5 Å². The van der Waals surface area contributed by atoms with Gasteiger partial charge in [-0.3, -0.25) is 0 Å². The molecule has 2 aromatic rings. The normalized spacial score (nSPS) is 11.6. The monoisotopic (exact) mass is 322 g/mol. The average molecular weight is 323 g/mol. The lowest BCUT2D eigenvalue weighted by molar-refractivity contribution is 0.266. The Hall–Kier alpha value is -1.67. The van der Waals surface area contributed by atoms with E-state index in [0.717, 1.165) is 0 Å². The zero-order valence-corrected chi connectivity index (χ0v) is 11.8. The molecule has 5 nitrogen and oxygen atoms in total. The summed E-state index contributed by atoms with van der Waals surface area (Å²) in [4.78, 5) is 3.16. The number of hydrogen-bond donors (Lipinski definition) is 0. The summed E-state index contributed by atoms with van der Waals surface area (Å²) in [6.45, 7) is -0.114. The summed E-state index contributed by atoms with van der Waals surface area (Å²) in [7, 11) is 2.51. The molecule has 0 aliphatic carbocycles. The first-order chi connectivity index (χ1) is 9.29. The predicted octanol–water partition coefficient (Wildman–Crippen LogP) is 2.20. The lowest BCUT2D eigenvalue weighted by atomic mass is 10.3. The quantitative estimate of drug-likeness (QED) is 0.810. The van der Waals surface area contributed by atoms with Crippen molar-refractivity contribution in [2.24, 2.45) is 7.05 Å². The van der Waals surface area contributed by atoms with E-state index in [4.69, 9.17) is 15.4 Å². The van der Waals surface area contributed by atoms with Gasteiger partial charge in [0.1, 0.15) is 6.61 Å². The number of imidazole rings is 1. The summed E-state index contributed by atoms with van der Waals surface area (Å²) < 4.78 is 56.0. The van der Waals surface area contributed by atoms with Crippen molar-refractivity contribution in [1.29, 1.82) is 0 Å². The number of ether oxygens (including phenoxy) is 1. The van der Waals surface area contributed by atoms with Gasteiger partial charge in [0.05, 0.1) is 23.1 Å². The summed E-state index contributed by atoms with van der Waals surface area (Å²) in [6.07, 6.45) is 2.99. The molecule has 9 heteroatoms. The summed E-state index contributed by atoms with van der Waals surface area (Å²) in [5.41, 5.74) is 0.595. The molecule has 0 saturated carbocycles. The Labute approximate surface area is 118 Å². The molecule has 0 saturated heterocycles. The van der Waals surface area contributed by atoms with Gasteiger partial charge < -0.3 is 9.30 Å². The maximum atomic E-state index is 13.7. The second-order valence-corrected chi connectivity index (χ2v) is 6.50. The highest BCUT2D eigenvalue weighted by molar-refractivity contribution is 8.13. The van der Waals surface area contributed by atoms with Crippen LogP contribution in [-0.2, 0) is 22.7 Å². The van der Waals surface area contributed by atoms with Gasteiger partial charge in [-0.2, -0.15) is 0 Å². The van der Waals surface area contributed by atoms with Crippen molar-refractivity contribution < 1.29 is 21.9 Å². The van der Waals surface area contributed by atoms with E-state index in [1.54, 1.807) is 11.6 Å². The second kappa shape index (κ2) is 5.37. The molecule has 108 valence electrons. The first-order valence-corrected chi connectivity index (χ1v) is 7.61. The van der Waals surface area contributed by atoms with Crippen LogP contribution in [0.5, 0.6) is 5.75 Å². The first-order valence-electron chi connectivity index (χ1n) is 5.30. The van der Waals surface area contributed by atoms with Crippen LogP contribution in [0.4, 0.5) is 8.78 Å². The SMILES string of the molecule is Cn1cncc1COc1c(F)cc(S(=O)(=O)Cl)cc1F. The molecule has 1 heterocycles. The third-order valence-corrected chi connectivity index (χ3v) is 3.87. The van der Waals surface area contributed by atoms with Crippen molar-refractivity contribution in [2.45, 2.75) is 11.5 Å². The van der Waals surface area contributed by atoms with Gasteiger partial charge in [-0.15, -0.1) is 0 Å². The topological polar surface area (TPSA) is 61.2 Å². The minimum absolute atomic E-state index is 0.114. The molecule has 0 unspecified atom stereocenters. The Balaban J connectivity index is 2.27. The zero-order valence-electron chi connectivity index (χ0n) is 10.2. The predicted molar refractivity (Wildman–Crippen MR) is 66.9 cm³/mol.